The first kappa shape index (κ1) is 18.2. The Kier molecular flexibility index (Phi) is 6.70. The highest BCUT2D eigenvalue weighted by Crippen LogP contribution is 2.03. The first-order chi connectivity index (χ1) is 12.0. The third-order valence-electron chi connectivity index (χ3n) is 3.23. The fraction of sp³-hybridized carbons (Fsp3) is 0.235. The molecule has 0 unspecified atom stereocenters. The van der Waals surface area contributed by atoms with Crippen molar-refractivity contribution in [2.45, 2.75) is 6.42 Å². The summed E-state index contributed by atoms with van der Waals surface area (Å²) in [6.07, 6.45) is 1.83. The van der Waals surface area contributed by atoms with Gasteiger partial charge in [-0.25, -0.2) is 4.39 Å². The lowest BCUT2D eigenvalue weighted by molar-refractivity contribution is -0.125. The highest BCUT2D eigenvalue weighted by atomic mass is 19.1. The molecule has 8 heteroatoms. The SMILES string of the molecule is O=C(CNC(=O)CNC(=O)c1ccco1)NCCc1cccc(F)c1. The largest absolute Gasteiger partial charge is 0.459 e. The lowest BCUT2D eigenvalue weighted by Gasteiger charge is -2.07. The van der Waals surface area contributed by atoms with Crippen molar-refractivity contribution in [3.05, 3.63) is 59.8 Å². The minimum atomic E-state index is -0.514. The van der Waals surface area contributed by atoms with Crippen molar-refractivity contribution >= 4 is 17.7 Å². The maximum atomic E-state index is 13.0. The van der Waals surface area contributed by atoms with Gasteiger partial charge in [0.15, 0.2) is 5.76 Å². The molecule has 0 spiro atoms. The normalized spacial score (nSPS) is 10.1. The number of halogens is 1. The molecule has 0 aliphatic heterocycles. The fourth-order valence-corrected chi connectivity index (χ4v) is 2.00. The second-order valence-electron chi connectivity index (χ2n) is 5.17. The molecule has 132 valence electrons. The maximum absolute atomic E-state index is 13.0. The van der Waals surface area contributed by atoms with E-state index in [-0.39, 0.29) is 30.6 Å². The van der Waals surface area contributed by atoms with Gasteiger partial charge in [-0.15, -0.1) is 0 Å². The zero-order chi connectivity index (χ0) is 18.1. The molecule has 1 heterocycles. The number of hydrogen-bond donors (Lipinski definition) is 3. The average molecular weight is 347 g/mol. The van der Waals surface area contributed by atoms with Crippen LogP contribution in [-0.4, -0.2) is 37.4 Å². The Balaban J connectivity index is 1.59. The number of rotatable bonds is 8. The summed E-state index contributed by atoms with van der Waals surface area (Å²) in [7, 11) is 0. The Morgan fingerprint density at radius 2 is 1.72 bits per heavy atom. The van der Waals surface area contributed by atoms with Crippen molar-refractivity contribution in [3.8, 4) is 0 Å². The standard InChI is InChI=1S/C17H18FN3O4/c18-13-4-1-3-12(9-13)6-7-19-15(22)10-20-16(23)11-21-17(24)14-5-2-8-25-14/h1-5,8-9H,6-7,10-11H2,(H,19,22)(H,20,23)(H,21,24). The summed E-state index contributed by atoms with van der Waals surface area (Å²) in [6.45, 7) is -0.151. The Hall–Kier alpha value is -3.16. The van der Waals surface area contributed by atoms with E-state index in [0.29, 0.717) is 13.0 Å². The van der Waals surface area contributed by atoms with E-state index in [9.17, 15) is 18.8 Å². The van der Waals surface area contributed by atoms with Crippen LogP contribution < -0.4 is 16.0 Å². The highest BCUT2D eigenvalue weighted by molar-refractivity contribution is 5.94. The number of hydrogen-bond acceptors (Lipinski definition) is 4. The van der Waals surface area contributed by atoms with E-state index in [1.807, 2.05) is 0 Å². The van der Waals surface area contributed by atoms with Crippen LogP contribution in [0.3, 0.4) is 0 Å². The third-order valence-corrected chi connectivity index (χ3v) is 3.23. The van der Waals surface area contributed by atoms with Gasteiger partial charge in [0.2, 0.25) is 11.8 Å². The van der Waals surface area contributed by atoms with Gasteiger partial charge in [-0.1, -0.05) is 12.1 Å². The summed E-state index contributed by atoms with van der Waals surface area (Å²) >= 11 is 0. The monoisotopic (exact) mass is 347 g/mol. The fourth-order valence-electron chi connectivity index (χ4n) is 2.00. The minimum Gasteiger partial charge on any atom is -0.459 e. The molecule has 3 N–H and O–H groups in total. The van der Waals surface area contributed by atoms with E-state index >= 15 is 0 Å². The Morgan fingerprint density at radius 1 is 0.960 bits per heavy atom. The molecule has 0 bridgehead atoms. The first-order valence-electron chi connectivity index (χ1n) is 7.64. The van der Waals surface area contributed by atoms with Crippen LogP contribution in [0.1, 0.15) is 16.1 Å². The molecule has 25 heavy (non-hydrogen) atoms. The summed E-state index contributed by atoms with van der Waals surface area (Å²) in [4.78, 5) is 34.8. The van der Waals surface area contributed by atoms with Crippen molar-refractivity contribution in [3.63, 3.8) is 0 Å². The Morgan fingerprint density at radius 3 is 2.44 bits per heavy atom. The molecular weight excluding hydrogens is 329 g/mol. The molecule has 0 fully saturated rings. The molecule has 2 aromatic rings. The zero-order valence-corrected chi connectivity index (χ0v) is 13.4. The van der Waals surface area contributed by atoms with Gasteiger partial charge < -0.3 is 20.4 Å². The second kappa shape index (κ2) is 9.21. The lowest BCUT2D eigenvalue weighted by Crippen LogP contribution is -2.42. The third kappa shape index (κ3) is 6.46. The molecule has 3 amide bonds. The van der Waals surface area contributed by atoms with Crippen LogP contribution in [0.25, 0.3) is 0 Å². The quantitative estimate of drug-likeness (QED) is 0.652. The summed E-state index contributed by atoms with van der Waals surface area (Å²) < 4.78 is 17.9. The lowest BCUT2D eigenvalue weighted by atomic mass is 10.1. The number of furan rings is 1. The van der Waals surface area contributed by atoms with Gasteiger partial charge in [0, 0.05) is 6.54 Å². The Bertz CT molecular complexity index is 731. The topological polar surface area (TPSA) is 100 Å². The predicted molar refractivity (Wildman–Crippen MR) is 87.2 cm³/mol. The smallest absolute Gasteiger partial charge is 0.287 e. The minimum absolute atomic E-state index is 0.0999. The molecule has 1 aromatic heterocycles. The number of amides is 3. The predicted octanol–water partition coefficient (Wildman–Crippen LogP) is 0.624. The van der Waals surface area contributed by atoms with Gasteiger partial charge in [0.05, 0.1) is 19.4 Å². The van der Waals surface area contributed by atoms with Crippen LogP contribution in [0, 0.1) is 5.82 Å². The van der Waals surface area contributed by atoms with Gasteiger partial charge in [-0.3, -0.25) is 14.4 Å². The van der Waals surface area contributed by atoms with E-state index in [1.54, 1.807) is 18.2 Å². The van der Waals surface area contributed by atoms with Crippen molar-refractivity contribution in [1.82, 2.24) is 16.0 Å². The van der Waals surface area contributed by atoms with E-state index in [1.165, 1.54) is 24.5 Å². The van der Waals surface area contributed by atoms with Gasteiger partial charge in [-0.2, -0.15) is 0 Å². The van der Waals surface area contributed by atoms with Crippen LogP contribution in [0.2, 0.25) is 0 Å². The number of nitrogens with one attached hydrogen (secondary N) is 3. The summed E-state index contributed by atoms with van der Waals surface area (Å²) in [5.74, 6) is -1.61. The van der Waals surface area contributed by atoms with Crippen molar-refractivity contribution in [2.75, 3.05) is 19.6 Å². The molecule has 0 saturated heterocycles. The van der Waals surface area contributed by atoms with Crippen LogP contribution in [0.5, 0.6) is 0 Å². The number of carbonyl (C=O) groups is 3. The van der Waals surface area contributed by atoms with Crippen LogP contribution in [-0.2, 0) is 16.0 Å². The molecular formula is C17H18FN3O4. The Labute approximate surface area is 143 Å². The summed E-state index contributed by atoms with van der Waals surface area (Å²) in [6, 6.07) is 9.14. The molecule has 1 aromatic carbocycles. The van der Waals surface area contributed by atoms with E-state index < -0.39 is 11.8 Å². The van der Waals surface area contributed by atoms with Gasteiger partial charge in [0.1, 0.15) is 5.82 Å². The van der Waals surface area contributed by atoms with Crippen LogP contribution >= 0.6 is 0 Å². The maximum Gasteiger partial charge on any atom is 0.287 e. The molecule has 0 radical (unpaired) electrons. The molecule has 0 aliphatic rings. The number of benzene rings is 1. The van der Waals surface area contributed by atoms with Crippen molar-refractivity contribution in [1.29, 1.82) is 0 Å². The van der Waals surface area contributed by atoms with E-state index in [4.69, 9.17) is 4.42 Å². The van der Waals surface area contributed by atoms with Crippen LogP contribution in [0.15, 0.2) is 47.1 Å². The van der Waals surface area contributed by atoms with Gasteiger partial charge >= 0.3 is 0 Å². The highest BCUT2D eigenvalue weighted by Gasteiger charge is 2.10. The van der Waals surface area contributed by atoms with Crippen molar-refractivity contribution in [2.24, 2.45) is 0 Å². The number of carbonyl (C=O) groups excluding carboxylic acids is 3. The molecule has 0 aliphatic carbocycles. The molecule has 0 saturated carbocycles. The molecule has 2 rings (SSSR count). The second-order valence-corrected chi connectivity index (χ2v) is 5.17. The first-order valence-corrected chi connectivity index (χ1v) is 7.64. The van der Waals surface area contributed by atoms with Crippen molar-refractivity contribution < 1.29 is 23.2 Å². The zero-order valence-electron chi connectivity index (χ0n) is 13.4. The average Bonchev–Trinajstić information content (AvgIpc) is 3.12. The van der Waals surface area contributed by atoms with Gasteiger partial charge in [0.25, 0.3) is 5.91 Å². The van der Waals surface area contributed by atoms with E-state index in [0.717, 1.165) is 5.56 Å². The van der Waals surface area contributed by atoms with Gasteiger partial charge in [-0.05, 0) is 36.2 Å². The van der Waals surface area contributed by atoms with Crippen LogP contribution in [0.4, 0.5) is 4.39 Å². The molecule has 7 nitrogen and oxygen atoms in total. The molecule has 0 atom stereocenters. The summed E-state index contributed by atoms with van der Waals surface area (Å²) in [5, 5.41) is 7.37. The van der Waals surface area contributed by atoms with E-state index in [2.05, 4.69) is 16.0 Å². The summed E-state index contributed by atoms with van der Waals surface area (Å²) in [5.41, 5.74) is 0.768.